The van der Waals surface area contributed by atoms with Gasteiger partial charge in [0, 0.05) is 0 Å². The topological polar surface area (TPSA) is 43.2 Å². The summed E-state index contributed by atoms with van der Waals surface area (Å²) in [6.45, 7) is 4.60. The van der Waals surface area contributed by atoms with E-state index in [4.69, 9.17) is 21.1 Å². The number of hydrogen-bond acceptors (Lipinski definition) is 4. The van der Waals surface area contributed by atoms with Gasteiger partial charge in [0.15, 0.2) is 11.5 Å². The Morgan fingerprint density at radius 3 is 2.68 bits per heavy atom. The highest BCUT2D eigenvalue weighted by Crippen LogP contribution is 2.31. The molecule has 0 saturated carbocycles. The summed E-state index contributed by atoms with van der Waals surface area (Å²) < 4.78 is 12.3. The first-order chi connectivity index (χ1) is 12.2. The highest BCUT2D eigenvalue weighted by Gasteiger charge is 2.33. The number of para-hydroxylation sites is 2. The average molecular weight is 380 g/mol. The van der Waals surface area contributed by atoms with Crippen molar-refractivity contribution < 1.29 is 19.2 Å². The Morgan fingerprint density at radius 2 is 1.96 bits per heavy atom. The number of benzene rings is 1. The Labute approximate surface area is 155 Å². The summed E-state index contributed by atoms with van der Waals surface area (Å²) in [7, 11) is 0. The van der Waals surface area contributed by atoms with E-state index in [1.165, 1.54) is 9.78 Å². The Hall–Kier alpha value is -1.76. The number of nitrogens with zero attached hydrogens (tertiary/aromatic N) is 1. The number of hydrogen-bond donors (Lipinski definition) is 1. The van der Waals surface area contributed by atoms with Crippen molar-refractivity contribution >= 4 is 28.8 Å². The van der Waals surface area contributed by atoms with Crippen LogP contribution in [0.4, 0.5) is 0 Å². The van der Waals surface area contributed by atoms with Crippen molar-refractivity contribution in [1.29, 1.82) is 0 Å². The van der Waals surface area contributed by atoms with Gasteiger partial charge in [-0.3, -0.25) is 4.79 Å². The largest absolute Gasteiger partial charge is 0.485 e. The maximum Gasteiger partial charge on any atom is 0.267 e. The van der Waals surface area contributed by atoms with E-state index in [0.29, 0.717) is 11.5 Å². The van der Waals surface area contributed by atoms with Gasteiger partial charge in [0.05, 0.1) is 35.4 Å². The predicted octanol–water partition coefficient (Wildman–Crippen LogP) is 1.47. The molecule has 3 heterocycles. The van der Waals surface area contributed by atoms with Crippen LogP contribution in [-0.2, 0) is 11.3 Å². The summed E-state index contributed by atoms with van der Waals surface area (Å²) in [6, 6.07) is 11.5. The molecule has 2 aliphatic heterocycles. The molecule has 1 N–H and O–H groups in total. The first-order valence-electron chi connectivity index (χ1n) is 8.44. The maximum absolute atomic E-state index is 12.7. The van der Waals surface area contributed by atoms with Crippen molar-refractivity contribution in [2.24, 2.45) is 0 Å². The molecule has 0 radical (unpaired) electrons. The van der Waals surface area contributed by atoms with E-state index in [2.05, 4.69) is 6.07 Å². The Balaban J connectivity index is 1.31. The van der Waals surface area contributed by atoms with Crippen LogP contribution in [-0.4, -0.2) is 49.7 Å². The summed E-state index contributed by atoms with van der Waals surface area (Å²) in [5.41, 5.74) is 0. The zero-order valence-electron chi connectivity index (χ0n) is 13.7. The summed E-state index contributed by atoms with van der Waals surface area (Å²) in [5, 5.41) is 0. The van der Waals surface area contributed by atoms with Crippen LogP contribution in [0.3, 0.4) is 0 Å². The van der Waals surface area contributed by atoms with Crippen LogP contribution in [0.25, 0.3) is 0 Å². The fraction of sp³-hybridized carbons (Fsp3) is 0.389. The number of rotatable bonds is 3. The van der Waals surface area contributed by atoms with Crippen LogP contribution in [0.1, 0.15) is 4.88 Å². The van der Waals surface area contributed by atoms with Gasteiger partial charge in [0.1, 0.15) is 13.2 Å². The van der Waals surface area contributed by atoms with Crippen molar-refractivity contribution in [3.63, 3.8) is 0 Å². The number of carbonyl (C=O) groups is 1. The molecule has 1 aromatic carbocycles. The van der Waals surface area contributed by atoms with Crippen LogP contribution < -0.4 is 14.4 Å². The fourth-order valence-corrected chi connectivity index (χ4v) is 4.42. The van der Waals surface area contributed by atoms with Gasteiger partial charge >= 0.3 is 0 Å². The molecule has 1 atom stereocenters. The highest BCUT2D eigenvalue weighted by atomic mass is 35.5. The normalized spacial score (nSPS) is 20.5. The van der Waals surface area contributed by atoms with Gasteiger partial charge < -0.3 is 19.3 Å². The van der Waals surface area contributed by atoms with Crippen molar-refractivity contribution in [2.75, 3.05) is 32.8 Å². The van der Waals surface area contributed by atoms with Crippen LogP contribution in [0, 0.1) is 0 Å². The van der Waals surface area contributed by atoms with Gasteiger partial charge in [0.25, 0.3) is 5.91 Å². The minimum atomic E-state index is -0.549. The number of quaternary nitrogens is 1. The number of carbonyl (C=O) groups excluding carboxylic acids is 1. The lowest BCUT2D eigenvalue weighted by Crippen LogP contribution is -3.13. The minimum absolute atomic E-state index is 0.0210. The molecule has 2 aromatic rings. The molecular formula is C18H20ClN2O3S+. The third-order valence-corrected chi connectivity index (χ3v) is 5.85. The second-order valence-corrected chi connectivity index (χ2v) is 8.12. The summed E-state index contributed by atoms with van der Waals surface area (Å²) in [5.74, 6) is 1.37. The third kappa shape index (κ3) is 3.76. The molecule has 1 aromatic heterocycles. The number of ether oxygens (including phenoxy) is 2. The summed E-state index contributed by atoms with van der Waals surface area (Å²) >= 11 is 7.63. The van der Waals surface area contributed by atoms with Gasteiger partial charge in [-0.15, -0.1) is 11.3 Å². The quantitative estimate of drug-likeness (QED) is 0.878. The average Bonchev–Trinajstić information content (AvgIpc) is 3.06. The molecule has 132 valence electrons. The second-order valence-electron chi connectivity index (χ2n) is 6.32. The zero-order valence-corrected chi connectivity index (χ0v) is 15.3. The fourth-order valence-electron chi connectivity index (χ4n) is 3.26. The first-order valence-corrected chi connectivity index (χ1v) is 9.63. The van der Waals surface area contributed by atoms with Crippen LogP contribution in [0.5, 0.6) is 11.5 Å². The number of nitrogens with one attached hydrogen (secondary N) is 1. The smallest absolute Gasteiger partial charge is 0.267 e. The lowest BCUT2D eigenvalue weighted by atomic mass is 10.2. The van der Waals surface area contributed by atoms with E-state index >= 15 is 0 Å². The van der Waals surface area contributed by atoms with E-state index in [1.807, 2.05) is 35.2 Å². The predicted molar refractivity (Wildman–Crippen MR) is 96.7 cm³/mol. The van der Waals surface area contributed by atoms with Gasteiger partial charge in [-0.1, -0.05) is 23.7 Å². The molecule has 7 heteroatoms. The SMILES string of the molecule is O=C([C@@H]1COc2ccccc2O1)N1CC[NH+](Cc2ccc(Cl)s2)CC1. The van der Waals surface area contributed by atoms with Gasteiger partial charge in [-0.2, -0.15) is 0 Å². The van der Waals surface area contributed by atoms with E-state index in [1.54, 1.807) is 11.3 Å². The van der Waals surface area contributed by atoms with E-state index < -0.39 is 6.10 Å². The molecular weight excluding hydrogens is 360 g/mol. The monoisotopic (exact) mass is 379 g/mol. The number of halogens is 1. The van der Waals surface area contributed by atoms with Crippen LogP contribution in [0.2, 0.25) is 4.34 Å². The molecule has 25 heavy (non-hydrogen) atoms. The lowest BCUT2D eigenvalue weighted by Gasteiger charge is -2.35. The van der Waals surface area contributed by atoms with Crippen molar-refractivity contribution in [3.05, 3.63) is 45.6 Å². The minimum Gasteiger partial charge on any atom is -0.485 e. The second kappa shape index (κ2) is 7.23. The van der Waals surface area contributed by atoms with Gasteiger partial charge in [0.2, 0.25) is 6.10 Å². The number of fused-ring (bicyclic) bond motifs is 1. The molecule has 2 aliphatic rings. The van der Waals surface area contributed by atoms with Gasteiger partial charge in [-0.25, -0.2) is 0 Å². The molecule has 0 unspecified atom stereocenters. The van der Waals surface area contributed by atoms with Crippen LogP contribution in [0.15, 0.2) is 36.4 Å². The third-order valence-electron chi connectivity index (χ3n) is 4.62. The Kier molecular flexibility index (Phi) is 4.83. The van der Waals surface area contributed by atoms with E-state index in [9.17, 15) is 4.79 Å². The maximum atomic E-state index is 12.7. The van der Waals surface area contributed by atoms with Crippen molar-refractivity contribution in [2.45, 2.75) is 12.6 Å². The molecule has 1 fully saturated rings. The van der Waals surface area contributed by atoms with Gasteiger partial charge in [-0.05, 0) is 24.3 Å². The van der Waals surface area contributed by atoms with Crippen LogP contribution >= 0.6 is 22.9 Å². The number of piperazine rings is 1. The zero-order chi connectivity index (χ0) is 17.2. The van der Waals surface area contributed by atoms with E-state index in [-0.39, 0.29) is 12.5 Å². The van der Waals surface area contributed by atoms with Crippen molar-refractivity contribution in [1.82, 2.24) is 4.90 Å². The molecule has 1 saturated heterocycles. The Morgan fingerprint density at radius 1 is 1.20 bits per heavy atom. The summed E-state index contributed by atoms with van der Waals surface area (Å²) in [6.07, 6.45) is -0.549. The number of thiophene rings is 1. The van der Waals surface area contributed by atoms with Crippen molar-refractivity contribution in [3.8, 4) is 11.5 Å². The Bertz CT molecular complexity index is 758. The molecule has 5 nitrogen and oxygen atoms in total. The molecule has 0 aliphatic carbocycles. The number of amides is 1. The molecule has 1 amide bonds. The summed E-state index contributed by atoms with van der Waals surface area (Å²) in [4.78, 5) is 17.4. The van der Waals surface area contributed by atoms with E-state index in [0.717, 1.165) is 37.1 Å². The highest BCUT2D eigenvalue weighted by molar-refractivity contribution is 7.16. The molecule has 4 rings (SSSR count). The molecule has 0 bridgehead atoms. The standard InChI is InChI=1S/C18H19ClN2O3S/c19-17-6-5-13(25-17)11-20-7-9-21(10-8-20)18(22)16-12-23-14-3-1-2-4-15(14)24-16/h1-6,16H,7-12H2/p+1/t16-/m0/s1. The molecule has 0 spiro atoms. The lowest BCUT2D eigenvalue weighted by molar-refractivity contribution is -0.917. The first kappa shape index (κ1) is 16.7.